The second-order valence-electron chi connectivity index (χ2n) is 2.61. The van der Waals surface area contributed by atoms with Crippen molar-refractivity contribution in [2.75, 3.05) is 11.5 Å². The Morgan fingerprint density at radius 2 is 2.10 bits per heavy atom. The molecule has 0 aliphatic heterocycles. The highest BCUT2D eigenvalue weighted by Crippen LogP contribution is 2.29. The molecule has 0 N–H and O–H groups in total. The van der Waals surface area contributed by atoms with E-state index in [1.165, 1.54) is 0 Å². The van der Waals surface area contributed by atoms with Gasteiger partial charge in [0, 0.05) is 16.6 Å². The van der Waals surface area contributed by atoms with Gasteiger partial charge in [-0.25, -0.2) is 8.78 Å². The molecule has 60 valence electrons. The molecule has 0 radical (unpaired) electrons. The van der Waals surface area contributed by atoms with E-state index >= 15 is 0 Å². The van der Waals surface area contributed by atoms with Crippen molar-refractivity contribution in [3.8, 4) is 0 Å². The van der Waals surface area contributed by atoms with Gasteiger partial charge in [0.25, 0.3) is 0 Å². The largest absolute Gasteiger partial charge is 0.259 e. The molecule has 0 saturated heterocycles. The topological polar surface area (TPSA) is 17.1 Å². The van der Waals surface area contributed by atoms with Crippen LogP contribution < -0.4 is 0 Å². The van der Waals surface area contributed by atoms with Crippen LogP contribution in [0.2, 0.25) is 0 Å². The maximum Gasteiger partial charge on any atom is 0.250 e. The van der Waals surface area contributed by atoms with E-state index in [1.807, 2.05) is 0 Å². The lowest BCUT2D eigenvalue weighted by atomic mass is 10.5. The molecule has 0 bridgehead atoms. The van der Waals surface area contributed by atoms with Gasteiger partial charge in [-0.1, -0.05) is 0 Å². The maximum absolute atomic E-state index is 11.6. The van der Waals surface area contributed by atoms with Gasteiger partial charge < -0.3 is 0 Å². The number of halogens is 2. The van der Waals surface area contributed by atoms with E-state index < -0.39 is 23.0 Å². The third-order valence-electron chi connectivity index (χ3n) is 1.43. The van der Waals surface area contributed by atoms with E-state index in [9.17, 15) is 13.0 Å². The van der Waals surface area contributed by atoms with Gasteiger partial charge in [-0.3, -0.25) is 4.21 Å². The molecule has 0 heterocycles. The molecule has 1 rings (SSSR count). The zero-order valence-electron chi connectivity index (χ0n) is 5.56. The summed E-state index contributed by atoms with van der Waals surface area (Å²) in [5.74, 6) is 0.542. The van der Waals surface area contributed by atoms with Crippen molar-refractivity contribution in [3.05, 3.63) is 0 Å². The molecule has 0 aromatic carbocycles. The van der Waals surface area contributed by atoms with Crippen molar-refractivity contribution >= 4 is 10.8 Å². The normalized spacial score (nSPS) is 21.5. The first kappa shape index (κ1) is 8.11. The van der Waals surface area contributed by atoms with Crippen LogP contribution in [0.5, 0.6) is 0 Å². The Bertz CT molecular complexity index is 128. The minimum absolute atomic E-state index is 0.434. The number of rotatable bonds is 4. The number of hydrogen-bond acceptors (Lipinski definition) is 1. The van der Waals surface area contributed by atoms with Crippen molar-refractivity contribution in [1.82, 2.24) is 0 Å². The molecule has 0 spiro atoms. The van der Waals surface area contributed by atoms with Gasteiger partial charge in [-0.05, 0) is 18.8 Å². The summed E-state index contributed by atoms with van der Waals surface area (Å²) in [5.41, 5.74) is 0. The molecule has 1 unspecified atom stereocenters. The average Bonchev–Trinajstić information content (AvgIpc) is 2.46. The third-order valence-corrected chi connectivity index (χ3v) is 2.90. The Morgan fingerprint density at radius 3 is 2.50 bits per heavy atom. The number of alkyl halides is 2. The van der Waals surface area contributed by atoms with E-state index in [1.54, 1.807) is 0 Å². The smallest absolute Gasteiger partial charge is 0.250 e. The molecule has 1 saturated carbocycles. The van der Waals surface area contributed by atoms with Crippen LogP contribution in [0.3, 0.4) is 0 Å². The lowest BCUT2D eigenvalue weighted by Gasteiger charge is -1.97. The zero-order chi connectivity index (χ0) is 7.56. The average molecular weight is 168 g/mol. The molecule has 0 amide bonds. The SMILES string of the molecule is O=S(CC(F)F)CC1CC1. The monoisotopic (exact) mass is 168 g/mol. The van der Waals surface area contributed by atoms with E-state index in [2.05, 4.69) is 0 Å². The Hall–Kier alpha value is 0.01000. The summed E-state index contributed by atoms with van der Waals surface area (Å²) in [6.45, 7) is 0. The van der Waals surface area contributed by atoms with Crippen molar-refractivity contribution in [2.24, 2.45) is 5.92 Å². The summed E-state index contributed by atoms with van der Waals surface area (Å²) in [6, 6.07) is 0. The molecular weight excluding hydrogens is 158 g/mol. The van der Waals surface area contributed by atoms with Gasteiger partial charge in [0.1, 0.15) is 0 Å². The van der Waals surface area contributed by atoms with Crippen molar-refractivity contribution in [1.29, 1.82) is 0 Å². The fourth-order valence-corrected chi connectivity index (χ4v) is 2.03. The van der Waals surface area contributed by atoms with Crippen molar-refractivity contribution in [2.45, 2.75) is 19.3 Å². The van der Waals surface area contributed by atoms with Gasteiger partial charge in [0.2, 0.25) is 6.43 Å². The summed E-state index contributed by atoms with van der Waals surface area (Å²) in [7, 11) is -1.27. The lowest BCUT2D eigenvalue weighted by Crippen LogP contribution is -2.10. The highest BCUT2D eigenvalue weighted by Gasteiger charge is 2.24. The third kappa shape index (κ3) is 3.25. The molecule has 1 aliphatic carbocycles. The minimum Gasteiger partial charge on any atom is -0.259 e. The van der Waals surface area contributed by atoms with Crippen LogP contribution in [0, 0.1) is 5.92 Å². The van der Waals surface area contributed by atoms with E-state index in [4.69, 9.17) is 0 Å². The minimum atomic E-state index is -2.40. The van der Waals surface area contributed by atoms with Gasteiger partial charge in [-0.15, -0.1) is 0 Å². The van der Waals surface area contributed by atoms with Gasteiger partial charge in [-0.2, -0.15) is 0 Å². The summed E-state index contributed by atoms with van der Waals surface area (Å²) < 4.78 is 33.9. The number of hydrogen-bond donors (Lipinski definition) is 0. The second kappa shape index (κ2) is 3.42. The van der Waals surface area contributed by atoms with Crippen LogP contribution in [-0.4, -0.2) is 22.1 Å². The fraction of sp³-hybridized carbons (Fsp3) is 1.00. The van der Waals surface area contributed by atoms with Gasteiger partial charge in [0.05, 0.1) is 5.75 Å². The predicted molar refractivity (Wildman–Crippen MR) is 36.6 cm³/mol. The Labute approximate surface area is 61.3 Å². The molecule has 0 aromatic heterocycles. The van der Waals surface area contributed by atoms with E-state index in [-0.39, 0.29) is 0 Å². The first-order valence-electron chi connectivity index (χ1n) is 3.31. The molecule has 10 heavy (non-hydrogen) atoms. The van der Waals surface area contributed by atoms with Crippen molar-refractivity contribution < 1.29 is 13.0 Å². The highest BCUT2D eigenvalue weighted by molar-refractivity contribution is 7.85. The molecule has 1 aliphatic rings. The highest BCUT2D eigenvalue weighted by atomic mass is 32.2. The van der Waals surface area contributed by atoms with Crippen LogP contribution in [0.15, 0.2) is 0 Å². The van der Waals surface area contributed by atoms with Gasteiger partial charge >= 0.3 is 0 Å². The summed E-state index contributed by atoms with van der Waals surface area (Å²) in [4.78, 5) is 0. The summed E-state index contributed by atoms with van der Waals surface area (Å²) in [5, 5.41) is 0. The maximum atomic E-state index is 11.6. The molecule has 1 nitrogen and oxygen atoms in total. The molecular formula is C6H10F2OS. The lowest BCUT2D eigenvalue weighted by molar-refractivity contribution is 0.175. The summed E-state index contributed by atoms with van der Waals surface area (Å²) >= 11 is 0. The molecule has 1 fully saturated rings. The van der Waals surface area contributed by atoms with E-state index in [0.29, 0.717) is 11.7 Å². The van der Waals surface area contributed by atoms with Crippen LogP contribution in [0.1, 0.15) is 12.8 Å². The quantitative estimate of drug-likeness (QED) is 0.620. The zero-order valence-corrected chi connectivity index (χ0v) is 6.37. The Balaban J connectivity index is 2.08. The first-order chi connectivity index (χ1) is 4.68. The first-order valence-corrected chi connectivity index (χ1v) is 4.80. The van der Waals surface area contributed by atoms with Crippen molar-refractivity contribution in [3.63, 3.8) is 0 Å². The van der Waals surface area contributed by atoms with Crippen LogP contribution >= 0.6 is 0 Å². The van der Waals surface area contributed by atoms with Crippen LogP contribution in [-0.2, 0) is 10.8 Å². The van der Waals surface area contributed by atoms with E-state index in [0.717, 1.165) is 12.8 Å². The molecule has 0 aromatic rings. The van der Waals surface area contributed by atoms with Crippen LogP contribution in [0.4, 0.5) is 8.78 Å². The second-order valence-corrected chi connectivity index (χ2v) is 4.15. The molecule has 4 heteroatoms. The fourth-order valence-electron chi connectivity index (χ4n) is 0.756. The Kier molecular flexibility index (Phi) is 2.77. The molecule has 1 atom stereocenters. The standard InChI is InChI=1S/C6H10F2OS/c7-6(8)4-10(9)3-5-1-2-5/h5-6H,1-4H2. The Morgan fingerprint density at radius 1 is 1.50 bits per heavy atom. The van der Waals surface area contributed by atoms with Gasteiger partial charge in [0.15, 0.2) is 0 Å². The predicted octanol–water partition coefficient (Wildman–Crippen LogP) is 1.41. The van der Waals surface area contributed by atoms with Crippen LogP contribution in [0.25, 0.3) is 0 Å². The summed E-state index contributed by atoms with van der Waals surface area (Å²) in [6.07, 6.45) is -0.246.